The fourth-order valence-electron chi connectivity index (χ4n) is 5.46. The topological polar surface area (TPSA) is 88.2 Å². The van der Waals surface area contributed by atoms with Gasteiger partial charge in [-0.25, -0.2) is 0 Å². The van der Waals surface area contributed by atoms with Gasteiger partial charge in [-0.2, -0.15) is 13.2 Å². The Bertz CT molecular complexity index is 1550. The van der Waals surface area contributed by atoms with Crippen LogP contribution in [0.5, 0.6) is 0 Å². The van der Waals surface area contributed by atoms with Gasteiger partial charge in [0.25, 0.3) is 5.91 Å². The summed E-state index contributed by atoms with van der Waals surface area (Å²) in [7, 11) is 1.98. The maximum Gasteiger partial charge on any atom is 0.416 e. The number of halogens is 3. The van der Waals surface area contributed by atoms with Crippen LogP contribution < -0.4 is 31.1 Å². The standard InChI is InChI=1S/C31H35F3N8O2/c1-21-3-4-25(36-30(43)22-13-24(31(32,33)34)16-26(14-22)40-7-5-39(2)6-8-40)17-29(21)42-20-28(37-38-42)23-15-27(19-35-18-23)41-9-11-44-12-10-41/h3-4,13-20,37-38H,5-12H2,1-2H3,(H,36,43). The number of nitrogens with zero attached hydrogens (tertiary/aromatic N) is 5. The second-order valence-corrected chi connectivity index (χ2v) is 11.2. The van der Waals surface area contributed by atoms with Crippen LogP contribution in [0.25, 0.3) is 5.70 Å². The quantitative estimate of drug-likeness (QED) is 0.383. The monoisotopic (exact) mass is 608 g/mol. The number of benzene rings is 2. The van der Waals surface area contributed by atoms with Gasteiger partial charge in [0.15, 0.2) is 0 Å². The fourth-order valence-corrected chi connectivity index (χ4v) is 5.46. The molecule has 6 rings (SSSR count). The van der Waals surface area contributed by atoms with Crippen LogP contribution in [0.2, 0.25) is 0 Å². The van der Waals surface area contributed by atoms with Crippen LogP contribution in [0.3, 0.4) is 0 Å². The average Bonchev–Trinajstić information content (AvgIpc) is 3.52. The molecular weight excluding hydrogens is 573 g/mol. The van der Waals surface area contributed by atoms with Gasteiger partial charge in [-0.3, -0.25) is 14.8 Å². The number of rotatable bonds is 6. The van der Waals surface area contributed by atoms with Crippen LogP contribution in [-0.2, 0) is 10.9 Å². The third-order valence-corrected chi connectivity index (χ3v) is 8.08. The molecule has 0 aliphatic carbocycles. The van der Waals surface area contributed by atoms with Crippen molar-refractivity contribution in [1.29, 1.82) is 0 Å². The van der Waals surface area contributed by atoms with Gasteiger partial charge in [-0.15, -0.1) is 5.53 Å². The van der Waals surface area contributed by atoms with E-state index in [0.717, 1.165) is 66.5 Å². The number of carbonyl (C=O) groups is 1. The van der Waals surface area contributed by atoms with E-state index < -0.39 is 17.6 Å². The zero-order valence-corrected chi connectivity index (χ0v) is 24.6. The number of hydrazine groups is 2. The van der Waals surface area contributed by atoms with Gasteiger partial charge in [0.05, 0.1) is 42.0 Å². The van der Waals surface area contributed by atoms with E-state index in [1.807, 2.05) is 37.3 Å². The van der Waals surface area contributed by atoms with Gasteiger partial charge in [0.1, 0.15) is 0 Å². The normalized spacial score (nSPS) is 17.8. The Labute approximate surface area is 254 Å². The summed E-state index contributed by atoms with van der Waals surface area (Å²) in [6, 6.07) is 11.0. The first kappa shape index (κ1) is 29.7. The minimum Gasteiger partial charge on any atom is -0.378 e. The highest BCUT2D eigenvalue weighted by molar-refractivity contribution is 6.05. The Balaban J connectivity index is 1.21. The number of piperazine rings is 1. The summed E-state index contributed by atoms with van der Waals surface area (Å²) in [6.07, 6.45) is 0.931. The van der Waals surface area contributed by atoms with E-state index in [2.05, 4.69) is 37.1 Å². The number of carbonyl (C=O) groups excluding carboxylic acids is 1. The Morgan fingerprint density at radius 3 is 2.43 bits per heavy atom. The van der Waals surface area contributed by atoms with Crippen molar-refractivity contribution in [1.82, 2.24) is 20.8 Å². The van der Waals surface area contributed by atoms with Gasteiger partial charge in [-0.1, -0.05) is 6.07 Å². The number of aromatic nitrogens is 1. The van der Waals surface area contributed by atoms with Gasteiger partial charge in [-0.05, 0) is 55.9 Å². The lowest BCUT2D eigenvalue weighted by molar-refractivity contribution is -0.137. The highest BCUT2D eigenvalue weighted by atomic mass is 19.4. The van der Waals surface area contributed by atoms with Crippen molar-refractivity contribution < 1.29 is 22.7 Å². The molecule has 3 N–H and O–H groups in total. The van der Waals surface area contributed by atoms with Crippen molar-refractivity contribution in [2.45, 2.75) is 13.1 Å². The van der Waals surface area contributed by atoms with Crippen molar-refractivity contribution in [3.8, 4) is 0 Å². The molecule has 13 heteroatoms. The minimum absolute atomic E-state index is 0.0494. The lowest BCUT2D eigenvalue weighted by atomic mass is 10.1. The number of likely N-dealkylation sites (N-methyl/N-ethyl adjacent to an activating group) is 1. The van der Waals surface area contributed by atoms with E-state index in [9.17, 15) is 18.0 Å². The van der Waals surface area contributed by atoms with E-state index in [-0.39, 0.29) is 5.56 Å². The molecule has 3 aromatic rings. The SMILES string of the molecule is Cc1ccc(NC(=O)c2cc(N3CCN(C)CC3)cc(C(F)(F)F)c2)cc1N1C=C(c2cncc(N3CCOCC3)c2)NN1. The molecule has 4 heterocycles. The molecule has 44 heavy (non-hydrogen) atoms. The largest absolute Gasteiger partial charge is 0.416 e. The first-order valence-electron chi connectivity index (χ1n) is 14.5. The molecule has 3 aliphatic heterocycles. The number of anilines is 4. The molecular formula is C31H35F3N8O2. The first-order chi connectivity index (χ1) is 21.1. The van der Waals surface area contributed by atoms with Gasteiger partial charge in [0.2, 0.25) is 0 Å². The van der Waals surface area contributed by atoms with Crippen molar-refractivity contribution in [3.05, 3.63) is 83.3 Å². The van der Waals surface area contributed by atoms with Gasteiger partial charge >= 0.3 is 6.18 Å². The Kier molecular flexibility index (Phi) is 8.34. The number of morpholine rings is 1. The molecule has 0 radical (unpaired) electrons. The van der Waals surface area contributed by atoms with Crippen molar-refractivity contribution in [2.75, 3.05) is 79.7 Å². The second-order valence-electron chi connectivity index (χ2n) is 11.2. The molecule has 0 spiro atoms. The predicted octanol–water partition coefficient (Wildman–Crippen LogP) is 4.08. The first-order valence-corrected chi connectivity index (χ1v) is 14.5. The van der Waals surface area contributed by atoms with Crippen LogP contribution in [0.4, 0.5) is 35.9 Å². The van der Waals surface area contributed by atoms with Crippen LogP contribution in [0.15, 0.2) is 61.1 Å². The smallest absolute Gasteiger partial charge is 0.378 e. The third-order valence-electron chi connectivity index (χ3n) is 8.08. The molecule has 2 saturated heterocycles. The van der Waals surface area contributed by atoms with Crippen LogP contribution in [0, 0.1) is 6.92 Å². The summed E-state index contributed by atoms with van der Waals surface area (Å²) < 4.78 is 46.9. The number of alkyl halides is 3. The van der Waals surface area contributed by atoms with Crippen LogP contribution in [-0.4, -0.2) is 75.3 Å². The van der Waals surface area contributed by atoms with E-state index in [0.29, 0.717) is 37.7 Å². The van der Waals surface area contributed by atoms with E-state index >= 15 is 0 Å². The second kappa shape index (κ2) is 12.3. The van der Waals surface area contributed by atoms with Crippen molar-refractivity contribution in [2.24, 2.45) is 0 Å². The van der Waals surface area contributed by atoms with Crippen LogP contribution >= 0.6 is 0 Å². The molecule has 0 unspecified atom stereocenters. The molecule has 232 valence electrons. The predicted molar refractivity (Wildman–Crippen MR) is 164 cm³/mol. The summed E-state index contributed by atoms with van der Waals surface area (Å²) in [6.45, 7) is 7.53. The number of nitrogens with one attached hydrogen (secondary N) is 3. The summed E-state index contributed by atoms with van der Waals surface area (Å²) >= 11 is 0. The third kappa shape index (κ3) is 6.59. The zero-order valence-electron chi connectivity index (χ0n) is 24.6. The molecule has 1 amide bonds. The molecule has 0 atom stereocenters. The summed E-state index contributed by atoms with van der Waals surface area (Å²) in [5.74, 6) is -0.615. The molecule has 0 bridgehead atoms. The van der Waals surface area contributed by atoms with Crippen molar-refractivity contribution in [3.63, 3.8) is 0 Å². The Morgan fingerprint density at radius 1 is 0.932 bits per heavy atom. The Morgan fingerprint density at radius 2 is 1.68 bits per heavy atom. The van der Waals surface area contributed by atoms with Crippen molar-refractivity contribution >= 4 is 34.4 Å². The van der Waals surface area contributed by atoms with E-state index in [1.165, 1.54) is 6.07 Å². The molecule has 2 fully saturated rings. The number of hydrogen-bond acceptors (Lipinski definition) is 9. The highest BCUT2D eigenvalue weighted by Crippen LogP contribution is 2.34. The lowest BCUT2D eigenvalue weighted by Gasteiger charge is -2.34. The zero-order chi connectivity index (χ0) is 30.8. The maximum absolute atomic E-state index is 13.8. The molecule has 10 nitrogen and oxygen atoms in total. The summed E-state index contributed by atoms with van der Waals surface area (Å²) in [4.78, 5) is 24.0. The highest BCUT2D eigenvalue weighted by Gasteiger charge is 2.33. The molecule has 0 saturated carbocycles. The minimum atomic E-state index is -4.58. The number of pyridine rings is 1. The average molecular weight is 609 g/mol. The van der Waals surface area contributed by atoms with E-state index in [1.54, 1.807) is 23.3 Å². The number of ether oxygens (including phenoxy) is 1. The maximum atomic E-state index is 13.8. The fraction of sp³-hybridized carbons (Fsp3) is 0.355. The number of aryl methyl sites for hydroxylation is 1. The summed E-state index contributed by atoms with van der Waals surface area (Å²) in [5.41, 5.74) is 10.6. The number of hydrogen-bond donors (Lipinski definition) is 3. The molecule has 2 aromatic carbocycles. The van der Waals surface area contributed by atoms with E-state index in [4.69, 9.17) is 4.74 Å². The van der Waals surface area contributed by atoms with Crippen LogP contribution in [0.1, 0.15) is 27.0 Å². The van der Waals surface area contributed by atoms with Gasteiger partial charge < -0.3 is 30.2 Å². The summed E-state index contributed by atoms with van der Waals surface area (Å²) in [5, 5.41) is 4.59. The Hall–Kier alpha value is -4.33. The molecule has 1 aromatic heterocycles. The lowest BCUT2D eigenvalue weighted by Crippen LogP contribution is -2.44. The molecule has 3 aliphatic rings. The number of amides is 1. The van der Waals surface area contributed by atoms with Gasteiger partial charge in [0, 0.05) is 74.2 Å².